The number of thiophene rings is 1. The fourth-order valence-electron chi connectivity index (χ4n) is 2.49. The van der Waals surface area contributed by atoms with E-state index in [4.69, 9.17) is 0 Å². The van der Waals surface area contributed by atoms with Gasteiger partial charge in [0.1, 0.15) is 17.6 Å². The molecule has 2 heterocycles. The number of aromatic amines is 1. The molecule has 0 atom stereocenters. The SMILES string of the molecule is CCN(c1ccccc1)S(=O)(=O)c1ccc(NCc2cccs2)[nH+]c1. The first kappa shape index (κ1) is 17.4. The van der Waals surface area contributed by atoms with Gasteiger partial charge in [-0.15, -0.1) is 11.3 Å². The number of H-pyrrole nitrogens is 1. The maximum absolute atomic E-state index is 12.9. The lowest BCUT2D eigenvalue weighted by molar-refractivity contribution is -0.364. The summed E-state index contributed by atoms with van der Waals surface area (Å²) >= 11 is 1.68. The number of para-hydroxylation sites is 1. The van der Waals surface area contributed by atoms with Crippen molar-refractivity contribution in [1.82, 2.24) is 0 Å². The van der Waals surface area contributed by atoms with Gasteiger partial charge >= 0.3 is 0 Å². The molecule has 3 aromatic rings. The van der Waals surface area contributed by atoms with Gasteiger partial charge in [0.05, 0.1) is 5.69 Å². The lowest BCUT2D eigenvalue weighted by atomic mass is 10.3. The highest BCUT2D eigenvalue weighted by Crippen LogP contribution is 2.22. The summed E-state index contributed by atoms with van der Waals surface area (Å²) in [6.07, 6.45) is 1.53. The van der Waals surface area contributed by atoms with Crippen molar-refractivity contribution in [3.63, 3.8) is 0 Å². The minimum absolute atomic E-state index is 0.236. The Balaban J connectivity index is 1.78. The quantitative estimate of drug-likeness (QED) is 0.689. The number of hydrogen-bond acceptors (Lipinski definition) is 4. The second kappa shape index (κ2) is 7.67. The molecule has 0 aliphatic heterocycles. The molecule has 2 aromatic heterocycles. The lowest BCUT2D eigenvalue weighted by Gasteiger charge is -2.22. The molecule has 7 heteroatoms. The standard InChI is InChI=1S/C18H19N3O2S2/c1-2-21(15-7-4-3-5-8-15)25(22,23)17-10-11-18(20-14-17)19-13-16-9-6-12-24-16/h3-12,14H,2,13H2,1H3,(H,19,20)/p+1. The highest BCUT2D eigenvalue weighted by atomic mass is 32.2. The molecular weight excluding hydrogens is 354 g/mol. The first-order valence-electron chi connectivity index (χ1n) is 7.97. The normalized spacial score (nSPS) is 11.2. The Bertz CT molecular complexity index is 893. The van der Waals surface area contributed by atoms with Crippen LogP contribution in [0, 0.1) is 0 Å². The third-order valence-corrected chi connectivity index (χ3v) is 6.51. The molecule has 130 valence electrons. The number of rotatable bonds is 7. The van der Waals surface area contributed by atoms with E-state index in [1.165, 1.54) is 15.4 Å². The van der Waals surface area contributed by atoms with Gasteiger partial charge < -0.3 is 0 Å². The number of sulfonamides is 1. The molecule has 1 aromatic carbocycles. The van der Waals surface area contributed by atoms with Crippen LogP contribution in [0.4, 0.5) is 11.5 Å². The largest absolute Gasteiger partial charge is 0.272 e. The second-order valence-corrected chi connectivity index (χ2v) is 8.27. The predicted molar refractivity (Wildman–Crippen MR) is 101 cm³/mol. The van der Waals surface area contributed by atoms with Crippen LogP contribution in [0.5, 0.6) is 0 Å². The van der Waals surface area contributed by atoms with Crippen molar-refractivity contribution in [3.05, 3.63) is 71.1 Å². The van der Waals surface area contributed by atoms with Crippen molar-refractivity contribution in [2.45, 2.75) is 18.4 Å². The molecule has 0 bridgehead atoms. The van der Waals surface area contributed by atoms with E-state index >= 15 is 0 Å². The Morgan fingerprint density at radius 1 is 1.08 bits per heavy atom. The first-order valence-corrected chi connectivity index (χ1v) is 10.3. The molecule has 0 fully saturated rings. The smallest absolute Gasteiger partial charge is 0.269 e. The van der Waals surface area contributed by atoms with E-state index in [0.29, 0.717) is 18.8 Å². The average Bonchev–Trinajstić information content (AvgIpc) is 3.15. The fourth-order valence-corrected chi connectivity index (χ4v) is 4.58. The van der Waals surface area contributed by atoms with Gasteiger partial charge in [-0.2, -0.15) is 0 Å². The Hall–Kier alpha value is -2.38. The molecule has 25 heavy (non-hydrogen) atoms. The zero-order valence-electron chi connectivity index (χ0n) is 13.8. The Morgan fingerprint density at radius 3 is 2.48 bits per heavy atom. The zero-order chi connectivity index (χ0) is 17.7. The molecule has 3 rings (SSSR count). The van der Waals surface area contributed by atoms with Crippen LogP contribution in [0.15, 0.2) is 71.1 Å². The minimum atomic E-state index is -3.60. The van der Waals surface area contributed by atoms with Crippen molar-refractivity contribution < 1.29 is 13.4 Å². The van der Waals surface area contributed by atoms with Crippen molar-refractivity contribution in [2.75, 3.05) is 16.2 Å². The van der Waals surface area contributed by atoms with Crippen LogP contribution in [0.25, 0.3) is 0 Å². The lowest BCUT2D eigenvalue weighted by Crippen LogP contribution is -2.31. The van der Waals surface area contributed by atoms with Gasteiger partial charge in [0.15, 0.2) is 0 Å². The monoisotopic (exact) mass is 374 g/mol. The van der Waals surface area contributed by atoms with Crippen molar-refractivity contribution in [3.8, 4) is 0 Å². The van der Waals surface area contributed by atoms with Gasteiger partial charge in [0, 0.05) is 17.5 Å². The first-order chi connectivity index (χ1) is 12.1. The summed E-state index contributed by atoms with van der Waals surface area (Å²) in [5, 5.41) is 5.27. The Labute approximate surface area is 152 Å². The zero-order valence-corrected chi connectivity index (χ0v) is 15.5. The van der Waals surface area contributed by atoms with E-state index in [2.05, 4.69) is 16.4 Å². The van der Waals surface area contributed by atoms with Gasteiger partial charge in [0.2, 0.25) is 0 Å². The van der Waals surface area contributed by atoms with E-state index in [0.717, 1.165) is 5.82 Å². The molecule has 2 N–H and O–H groups in total. The van der Waals surface area contributed by atoms with Gasteiger partial charge in [-0.1, -0.05) is 24.3 Å². The van der Waals surface area contributed by atoms with Gasteiger partial charge in [-0.25, -0.2) is 13.4 Å². The van der Waals surface area contributed by atoms with E-state index < -0.39 is 10.0 Å². The predicted octanol–water partition coefficient (Wildman–Crippen LogP) is 3.39. The van der Waals surface area contributed by atoms with E-state index in [9.17, 15) is 8.42 Å². The molecule has 0 unspecified atom stereocenters. The summed E-state index contributed by atoms with van der Waals surface area (Å²) in [4.78, 5) is 4.47. The summed E-state index contributed by atoms with van der Waals surface area (Å²) in [6, 6.07) is 16.5. The number of pyridine rings is 1. The highest BCUT2D eigenvalue weighted by Gasteiger charge is 2.24. The molecule has 0 radical (unpaired) electrons. The Kier molecular flexibility index (Phi) is 5.35. The van der Waals surface area contributed by atoms with Gasteiger partial charge in [-0.05, 0) is 36.6 Å². The number of aromatic nitrogens is 1. The molecule has 5 nitrogen and oxygen atoms in total. The molecule has 0 aliphatic carbocycles. The summed E-state index contributed by atoms with van der Waals surface area (Å²) in [5.41, 5.74) is 0.657. The van der Waals surface area contributed by atoms with E-state index in [-0.39, 0.29) is 4.90 Å². The number of benzene rings is 1. The molecule has 0 spiro atoms. The van der Waals surface area contributed by atoms with Crippen LogP contribution in [0.1, 0.15) is 11.8 Å². The Morgan fingerprint density at radius 2 is 1.88 bits per heavy atom. The highest BCUT2D eigenvalue weighted by molar-refractivity contribution is 7.92. The molecular formula is C18H20N3O2S2+. The van der Waals surface area contributed by atoms with Crippen molar-refractivity contribution >= 4 is 32.9 Å². The maximum atomic E-state index is 12.9. The number of nitrogens with zero attached hydrogens (tertiary/aromatic N) is 1. The van der Waals surface area contributed by atoms with E-state index in [1.54, 1.807) is 35.6 Å². The number of hydrogen-bond donors (Lipinski definition) is 1. The summed E-state index contributed by atoms with van der Waals surface area (Å²) < 4.78 is 27.2. The number of nitrogens with one attached hydrogen (secondary N) is 2. The van der Waals surface area contributed by atoms with Crippen LogP contribution in [0.3, 0.4) is 0 Å². The third-order valence-electron chi connectivity index (χ3n) is 3.74. The summed E-state index contributed by atoms with van der Waals surface area (Å²) in [6.45, 7) is 2.89. The third kappa shape index (κ3) is 4.00. The van der Waals surface area contributed by atoms with Crippen molar-refractivity contribution in [1.29, 1.82) is 0 Å². The van der Waals surface area contributed by atoms with Gasteiger partial charge in [0.25, 0.3) is 15.8 Å². The molecule has 0 aliphatic rings. The maximum Gasteiger partial charge on any atom is 0.272 e. The second-order valence-electron chi connectivity index (χ2n) is 5.38. The van der Waals surface area contributed by atoms with Crippen LogP contribution in [-0.2, 0) is 16.6 Å². The fraction of sp³-hybridized carbons (Fsp3) is 0.167. The number of anilines is 2. The minimum Gasteiger partial charge on any atom is -0.269 e. The van der Waals surface area contributed by atoms with Crippen LogP contribution < -0.4 is 14.6 Å². The van der Waals surface area contributed by atoms with Crippen molar-refractivity contribution in [2.24, 2.45) is 0 Å². The molecule has 0 saturated heterocycles. The molecule has 0 saturated carbocycles. The van der Waals surface area contributed by atoms with Crippen LogP contribution in [0.2, 0.25) is 0 Å². The summed E-state index contributed by atoms with van der Waals surface area (Å²) in [7, 11) is -3.60. The molecule has 0 amide bonds. The van der Waals surface area contributed by atoms with Crippen LogP contribution >= 0.6 is 11.3 Å². The topological polar surface area (TPSA) is 63.6 Å². The summed E-state index contributed by atoms with van der Waals surface area (Å²) in [5.74, 6) is 0.773. The average molecular weight is 375 g/mol. The van der Waals surface area contributed by atoms with E-state index in [1.807, 2.05) is 36.6 Å². The van der Waals surface area contributed by atoms with Gasteiger partial charge in [-0.3, -0.25) is 9.62 Å². The van der Waals surface area contributed by atoms with Crippen LogP contribution in [-0.4, -0.2) is 15.0 Å².